The SMILES string of the molecule is CCc1nnsc1C(=O)Nc1ccc(Oc2ccccc2)nc1. The Kier molecular flexibility index (Phi) is 4.58. The number of hydrogen-bond acceptors (Lipinski definition) is 6. The Labute approximate surface area is 137 Å². The monoisotopic (exact) mass is 326 g/mol. The fraction of sp³-hybridized carbons (Fsp3) is 0.125. The summed E-state index contributed by atoms with van der Waals surface area (Å²) in [6.07, 6.45) is 2.22. The number of amides is 1. The standard InChI is InChI=1S/C16H14N4O2S/c1-2-13-15(23-20-19-13)16(21)18-11-8-9-14(17-10-11)22-12-6-4-3-5-7-12/h3-10H,2H2,1H3,(H,18,21). The predicted octanol–water partition coefficient (Wildman–Crippen LogP) is 3.54. The van der Waals surface area contributed by atoms with E-state index in [4.69, 9.17) is 4.74 Å². The van der Waals surface area contributed by atoms with Crippen LogP contribution in [0.1, 0.15) is 22.3 Å². The Morgan fingerprint density at radius 1 is 1.22 bits per heavy atom. The molecule has 0 aliphatic carbocycles. The zero-order valence-corrected chi connectivity index (χ0v) is 13.2. The molecule has 6 nitrogen and oxygen atoms in total. The molecule has 1 N–H and O–H groups in total. The van der Waals surface area contributed by atoms with Crippen molar-refractivity contribution in [3.63, 3.8) is 0 Å². The molecule has 1 aromatic carbocycles. The van der Waals surface area contributed by atoms with Gasteiger partial charge in [0.1, 0.15) is 10.6 Å². The van der Waals surface area contributed by atoms with E-state index in [0.29, 0.717) is 34.3 Å². The topological polar surface area (TPSA) is 77.0 Å². The van der Waals surface area contributed by atoms with Crippen LogP contribution in [0.4, 0.5) is 5.69 Å². The van der Waals surface area contributed by atoms with E-state index in [0.717, 1.165) is 11.5 Å². The van der Waals surface area contributed by atoms with Crippen molar-refractivity contribution in [3.05, 3.63) is 59.2 Å². The fourth-order valence-corrected chi connectivity index (χ4v) is 2.57. The van der Waals surface area contributed by atoms with Crippen LogP contribution in [0.25, 0.3) is 0 Å². The molecular formula is C16H14N4O2S. The number of nitrogens with one attached hydrogen (secondary N) is 1. The number of aromatic nitrogens is 3. The summed E-state index contributed by atoms with van der Waals surface area (Å²) in [5, 5.41) is 6.71. The third kappa shape index (κ3) is 3.70. The lowest BCUT2D eigenvalue weighted by molar-refractivity contribution is 0.102. The van der Waals surface area contributed by atoms with Crippen molar-refractivity contribution in [1.29, 1.82) is 0 Å². The van der Waals surface area contributed by atoms with Crippen LogP contribution in [0.15, 0.2) is 48.7 Å². The molecule has 116 valence electrons. The summed E-state index contributed by atoms with van der Waals surface area (Å²) in [6, 6.07) is 12.8. The second kappa shape index (κ2) is 6.97. The van der Waals surface area contributed by atoms with Gasteiger partial charge in [0.2, 0.25) is 5.88 Å². The number of hydrogen-bond donors (Lipinski definition) is 1. The van der Waals surface area contributed by atoms with Gasteiger partial charge in [-0.1, -0.05) is 29.6 Å². The van der Waals surface area contributed by atoms with Crippen LogP contribution in [-0.4, -0.2) is 20.5 Å². The van der Waals surface area contributed by atoms with E-state index in [-0.39, 0.29) is 5.91 Å². The van der Waals surface area contributed by atoms with Crippen LogP contribution in [-0.2, 0) is 6.42 Å². The predicted molar refractivity (Wildman–Crippen MR) is 88.0 cm³/mol. The normalized spacial score (nSPS) is 10.3. The van der Waals surface area contributed by atoms with E-state index >= 15 is 0 Å². The highest BCUT2D eigenvalue weighted by Gasteiger charge is 2.15. The lowest BCUT2D eigenvalue weighted by Crippen LogP contribution is -2.12. The third-order valence-corrected chi connectivity index (χ3v) is 3.82. The highest BCUT2D eigenvalue weighted by Crippen LogP contribution is 2.20. The number of benzene rings is 1. The molecule has 0 atom stereocenters. The maximum absolute atomic E-state index is 12.2. The second-order valence-corrected chi connectivity index (χ2v) is 5.41. The van der Waals surface area contributed by atoms with Crippen molar-refractivity contribution < 1.29 is 9.53 Å². The summed E-state index contributed by atoms with van der Waals surface area (Å²) >= 11 is 1.09. The molecule has 0 aliphatic heterocycles. The molecule has 23 heavy (non-hydrogen) atoms. The van der Waals surface area contributed by atoms with Gasteiger partial charge in [-0.2, -0.15) is 0 Å². The molecule has 0 fully saturated rings. The summed E-state index contributed by atoms with van der Waals surface area (Å²) in [7, 11) is 0. The molecule has 3 aromatic rings. The summed E-state index contributed by atoms with van der Waals surface area (Å²) in [4.78, 5) is 16.9. The fourth-order valence-electron chi connectivity index (χ4n) is 1.92. The van der Waals surface area contributed by atoms with Gasteiger partial charge >= 0.3 is 0 Å². The van der Waals surface area contributed by atoms with Crippen molar-refractivity contribution in [2.45, 2.75) is 13.3 Å². The molecule has 2 aromatic heterocycles. The number of nitrogens with zero attached hydrogens (tertiary/aromatic N) is 3. The largest absolute Gasteiger partial charge is 0.439 e. The summed E-state index contributed by atoms with van der Waals surface area (Å²) in [5.74, 6) is 0.943. The molecule has 3 rings (SSSR count). The first kappa shape index (κ1) is 15.1. The molecule has 2 heterocycles. The van der Waals surface area contributed by atoms with Gasteiger partial charge in [0.05, 0.1) is 17.6 Å². The average Bonchev–Trinajstić information content (AvgIpc) is 3.06. The number of carbonyl (C=O) groups excluding carboxylic acids is 1. The number of para-hydroxylation sites is 1. The Hall–Kier alpha value is -2.80. The minimum Gasteiger partial charge on any atom is -0.439 e. The first-order chi connectivity index (χ1) is 11.3. The van der Waals surface area contributed by atoms with Crippen LogP contribution >= 0.6 is 11.5 Å². The van der Waals surface area contributed by atoms with E-state index < -0.39 is 0 Å². The molecule has 0 unspecified atom stereocenters. The molecule has 0 spiro atoms. The van der Waals surface area contributed by atoms with E-state index in [9.17, 15) is 4.79 Å². The van der Waals surface area contributed by atoms with Crippen LogP contribution in [0, 0.1) is 0 Å². The number of ether oxygens (including phenoxy) is 1. The molecular weight excluding hydrogens is 312 g/mol. The number of anilines is 1. The smallest absolute Gasteiger partial charge is 0.269 e. The van der Waals surface area contributed by atoms with Gasteiger partial charge < -0.3 is 10.1 Å². The maximum atomic E-state index is 12.2. The lowest BCUT2D eigenvalue weighted by atomic mass is 10.3. The minimum atomic E-state index is -0.227. The zero-order valence-electron chi connectivity index (χ0n) is 12.4. The summed E-state index contributed by atoms with van der Waals surface area (Å²) in [5.41, 5.74) is 1.29. The maximum Gasteiger partial charge on any atom is 0.269 e. The molecule has 7 heteroatoms. The van der Waals surface area contributed by atoms with Gasteiger partial charge in [-0.3, -0.25) is 4.79 Å². The Bertz CT molecular complexity index is 787. The Morgan fingerprint density at radius 3 is 2.74 bits per heavy atom. The summed E-state index contributed by atoms with van der Waals surface area (Å²) < 4.78 is 9.42. The molecule has 1 amide bonds. The van der Waals surface area contributed by atoms with Gasteiger partial charge in [0, 0.05) is 6.07 Å². The first-order valence-corrected chi connectivity index (χ1v) is 7.85. The van der Waals surface area contributed by atoms with E-state index in [2.05, 4.69) is 19.9 Å². The van der Waals surface area contributed by atoms with E-state index in [1.54, 1.807) is 18.3 Å². The van der Waals surface area contributed by atoms with Crippen LogP contribution in [0.2, 0.25) is 0 Å². The van der Waals surface area contributed by atoms with E-state index in [1.807, 2.05) is 37.3 Å². The van der Waals surface area contributed by atoms with Crippen molar-refractivity contribution in [2.24, 2.45) is 0 Å². The van der Waals surface area contributed by atoms with Crippen molar-refractivity contribution in [3.8, 4) is 11.6 Å². The van der Waals surface area contributed by atoms with E-state index in [1.165, 1.54) is 0 Å². The lowest BCUT2D eigenvalue weighted by Gasteiger charge is -2.06. The average molecular weight is 326 g/mol. The van der Waals surface area contributed by atoms with Crippen LogP contribution < -0.4 is 10.1 Å². The zero-order chi connectivity index (χ0) is 16.1. The van der Waals surface area contributed by atoms with Crippen molar-refractivity contribution in [1.82, 2.24) is 14.6 Å². The first-order valence-electron chi connectivity index (χ1n) is 7.08. The number of pyridine rings is 1. The van der Waals surface area contributed by atoms with Gasteiger partial charge in [-0.05, 0) is 36.2 Å². The quantitative estimate of drug-likeness (QED) is 0.776. The van der Waals surface area contributed by atoms with Gasteiger partial charge in [-0.25, -0.2) is 4.98 Å². The highest BCUT2D eigenvalue weighted by molar-refractivity contribution is 7.08. The second-order valence-electron chi connectivity index (χ2n) is 4.66. The molecule has 0 aliphatic rings. The molecule has 0 bridgehead atoms. The number of carbonyl (C=O) groups is 1. The minimum absolute atomic E-state index is 0.227. The van der Waals surface area contributed by atoms with Crippen LogP contribution in [0.5, 0.6) is 11.6 Å². The number of rotatable bonds is 5. The van der Waals surface area contributed by atoms with Gasteiger partial charge in [0.15, 0.2) is 0 Å². The Morgan fingerprint density at radius 2 is 2.04 bits per heavy atom. The number of aryl methyl sites for hydroxylation is 1. The van der Waals surface area contributed by atoms with Gasteiger partial charge in [-0.15, -0.1) is 5.10 Å². The Balaban J connectivity index is 1.67. The van der Waals surface area contributed by atoms with Gasteiger partial charge in [0.25, 0.3) is 5.91 Å². The van der Waals surface area contributed by atoms with Crippen molar-refractivity contribution >= 4 is 23.1 Å². The third-order valence-electron chi connectivity index (χ3n) is 3.06. The highest BCUT2D eigenvalue weighted by atomic mass is 32.1. The summed E-state index contributed by atoms with van der Waals surface area (Å²) in [6.45, 7) is 1.94. The van der Waals surface area contributed by atoms with Crippen LogP contribution in [0.3, 0.4) is 0 Å². The van der Waals surface area contributed by atoms with Crippen molar-refractivity contribution in [2.75, 3.05) is 5.32 Å². The molecule has 0 saturated carbocycles. The molecule has 0 radical (unpaired) electrons. The molecule has 0 saturated heterocycles.